The van der Waals surface area contributed by atoms with Crippen LogP contribution in [0.15, 0.2) is 23.8 Å². The fourth-order valence-electron chi connectivity index (χ4n) is 1.28. The summed E-state index contributed by atoms with van der Waals surface area (Å²) in [4.78, 5) is 19.0. The van der Waals surface area contributed by atoms with E-state index < -0.39 is 5.97 Å². The van der Waals surface area contributed by atoms with Gasteiger partial charge in [-0.1, -0.05) is 0 Å². The second-order valence-corrected chi connectivity index (χ2v) is 4.29. The normalized spacial score (nSPS) is 10.2. The summed E-state index contributed by atoms with van der Waals surface area (Å²) in [6.45, 7) is 2.15. The van der Waals surface area contributed by atoms with Gasteiger partial charge in [-0.25, -0.2) is 9.78 Å². The average molecular weight is 250 g/mol. The van der Waals surface area contributed by atoms with Crippen LogP contribution in [0.1, 0.15) is 21.1 Å². The van der Waals surface area contributed by atoms with E-state index in [4.69, 9.17) is 9.84 Å². The first-order chi connectivity index (χ1) is 8.16. The number of hydrogen-bond donors (Lipinski definition) is 1. The predicted octanol–water partition coefficient (Wildman–Crippen LogP) is 2.12. The van der Waals surface area contributed by atoms with Crippen LogP contribution in [0.3, 0.4) is 0 Å². The Hall–Kier alpha value is -1.95. The number of nitrogens with zero attached hydrogens (tertiary/aromatic N) is 2. The van der Waals surface area contributed by atoms with Crippen molar-refractivity contribution in [1.82, 2.24) is 9.97 Å². The van der Waals surface area contributed by atoms with Crippen molar-refractivity contribution in [3.63, 3.8) is 0 Å². The lowest BCUT2D eigenvalue weighted by molar-refractivity contribution is 0.0691. The maximum atomic E-state index is 10.9. The summed E-state index contributed by atoms with van der Waals surface area (Å²) in [5.74, 6) is -0.773. The Bertz CT molecular complexity index is 539. The van der Waals surface area contributed by atoms with Crippen LogP contribution >= 0.6 is 11.3 Å². The van der Waals surface area contributed by atoms with Gasteiger partial charge in [0, 0.05) is 17.3 Å². The molecular weight excluding hydrogens is 240 g/mol. The van der Waals surface area contributed by atoms with E-state index in [1.165, 1.54) is 29.8 Å². The molecule has 0 aromatic carbocycles. The topological polar surface area (TPSA) is 72.3 Å². The summed E-state index contributed by atoms with van der Waals surface area (Å²) in [5, 5.41) is 11.7. The Balaban J connectivity index is 2.11. The minimum absolute atomic E-state index is 0.105. The molecule has 0 aliphatic rings. The molecule has 0 saturated heterocycles. The van der Waals surface area contributed by atoms with Gasteiger partial charge in [0.25, 0.3) is 0 Å². The van der Waals surface area contributed by atoms with Crippen LogP contribution in [-0.2, 0) is 6.61 Å². The molecular formula is C11H10N2O3S. The quantitative estimate of drug-likeness (QED) is 0.899. The average Bonchev–Trinajstić information content (AvgIpc) is 2.73. The van der Waals surface area contributed by atoms with Gasteiger partial charge in [0.1, 0.15) is 17.2 Å². The standard InChI is InChI=1S/C11H10N2O3S/c1-7-6-17-10(13-7)5-16-9-4-12-3-2-8(9)11(14)15/h2-4,6H,5H2,1H3,(H,14,15). The molecule has 0 radical (unpaired) electrons. The van der Waals surface area contributed by atoms with E-state index in [1.807, 2.05) is 12.3 Å². The second-order valence-electron chi connectivity index (χ2n) is 3.35. The second kappa shape index (κ2) is 4.92. The van der Waals surface area contributed by atoms with Gasteiger partial charge in [-0.2, -0.15) is 0 Å². The Kier molecular flexibility index (Phi) is 3.34. The third kappa shape index (κ3) is 2.79. The first-order valence-electron chi connectivity index (χ1n) is 4.88. The van der Waals surface area contributed by atoms with Crippen molar-refractivity contribution in [3.05, 3.63) is 40.1 Å². The van der Waals surface area contributed by atoms with E-state index in [0.717, 1.165) is 10.7 Å². The Morgan fingerprint density at radius 3 is 3.06 bits per heavy atom. The summed E-state index contributed by atoms with van der Waals surface area (Å²) in [6.07, 6.45) is 2.81. The number of thiazole rings is 1. The van der Waals surface area contributed by atoms with Crippen LogP contribution in [0.25, 0.3) is 0 Å². The van der Waals surface area contributed by atoms with E-state index in [-0.39, 0.29) is 17.9 Å². The maximum absolute atomic E-state index is 10.9. The number of carboxylic acids is 1. The van der Waals surface area contributed by atoms with Gasteiger partial charge in [-0.05, 0) is 13.0 Å². The summed E-state index contributed by atoms with van der Waals surface area (Å²) in [6, 6.07) is 1.41. The molecule has 1 N–H and O–H groups in total. The zero-order valence-corrected chi connectivity index (χ0v) is 9.90. The number of aryl methyl sites for hydroxylation is 1. The van der Waals surface area contributed by atoms with Crippen molar-refractivity contribution in [1.29, 1.82) is 0 Å². The molecule has 0 aliphatic carbocycles. The van der Waals surface area contributed by atoms with Gasteiger partial charge < -0.3 is 9.84 Å². The zero-order chi connectivity index (χ0) is 12.3. The molecule has 0 aliphatic heterocycles. The molecule has 0 fully saturated rings. The molecule has 17 heavy (non-hydrogen) atoms. The molecule has 0 saturated carbocycles. The molecule has 6 heteroatoms. The molecule has 0 bridgehead atoms. The molecule has 0 atom stereocenters. The molecule has 0 spiro atoms. The molecule has 2 rings (SSSR count). The maximum Gasteiger partial charge on any atom is 0.339 e. The molecule has 2 heterocycles. The van der Waals surface area contributed by atoms with Crippen LogP contribution in [0, 0.1) is 6.92 Å². The zero-order valence-electron chi connectivity index (χ0n) is 9.08. The fraction of sp³-hybridized carbons (Fsp3) is 0.182. The van der Waals surface area contributed by atoms with E-state index >= 15 is 0 Å². The number of aromatic nitrogens is 2. The lowest BCUT2D eigenvalue weighted by atomic mass is 10.2. The number of carboxylic acid groups (broad SMARTS) is 1. The van der Waals surface area contributed by atoms with Gasteiger partial charge in [0.05, 0.1) is 6.20 Å². The van der Waals surface area contributed by atoms with Crippen molar-refractivity contribution in [3.8, 4) is 5.75 Å². The first-order valence-corrected chi connectivity index (χ1v) is 5.76. The highest BCUT2D eigenvalue weighted by Gasteiger charge is 2.11. The van der Waals surface area contributed by atoms with Crippen LogP contribution in [-0.4, -0.2) is 21.0 Å². The van der Waals surface area contributed by atoms with Gasteiger partial charge in [-0.3, -0.25) is 4.98 Å². The Morgan fingerprint density at radius 1 is 1.59 bits per heavy atom. The number of aromatic carboxylic acids is 1. The summed E-state index contributed by atoms with van der Waals surface area (Å²) in [5.41, 5.74) is 1.03. The van der Waals surface area contributed by atoms with E-state index in [0.29, 0.717) is 0 Å². The van der Waals surface area contributed by atoms with Gasteiger partial charge in [0.2, 0.25) is 0 Å². The van der Waals surface area contributed by atoms with E-state index in [2.05, 4.69) is 9.97 Å². The van der Waals surface area contributed by atoms with Gasteiger partial charge in [0.15, 0.2) is 5.75 Å². The van der Waals surface area contributed by atoms with Crippen LogP contribution in [0.4, 0.5) is 0 Å². The molecule has 5 nitrogen and oxygen atoms in total. The Labute approximate surface area is 102 Å². The van der Waals surface area contributed by atoms with Crippen molar-refractivity contribution in [2.75, 3.05) is 0 Å². The largest absolute Gasteiger partial charge is 0.484 e. The number of carbonyl (C=O) groups is 1. The third-order valence-corrected chi connectivity index (χ3v) is 2.97. The Morgan fingerprint density at radius 2 is 2.41 bits per heavy atom. The number of hydrogen-bond acceptors (Lipinski definition) is 5. The highest BCUT2D eigenvalue weighted by atomic mass is 32.1. The highest BCUT2D eigenvalue weighted by molar-refractivity contribution is 7.09. The van der Waals surface area contributed by atoms with Crippen molar-refractivity contribution >= 4 is 17.3 Å². The summed E-state index contributed by atoms with van der Waals surface area (Å²) in [7, 11) is 0. The lowest BCUT2D eigenvalue weighted by Crippen LogP contribution is -2.03. The van der Waals surface area contributed by atoms with Crippen molar-refractivity contribution < 1.29 is 14.6 Å². The van der Waals surface area contributed by atoms with E-state index in [9.17, 15) is 4.79 Å². The fourth-order valence-corrected chi connectivity index (χ4v) is 1.96. The predicted molar refractivity (Wildman–Crippen MR) is 62.4 cm³/mol. The van der Waals surface area contributed by atoms with Crippen molar-refractivity contribution in [2.45, 2.75) is 13.5 Å². The van der Waals surface area contributed by atoms with Gasteiger partial charge in [-0.15, -0.1) is 11.3 Å². The molecule has 2 aromatic rings. The lowest BCUT2D eigenvalue weighted by Gasteiger charge is -2.06. The van der Waals surface area contributed by atoms with E-state index in [1.54, 1.807) is 0 Å². The number of ether oxygens (including phenoxy) is 1. The molecule has 2 aromatic heterocycles. The van der Waals surface area contributed by atoms with Gasteiger partial charge >= 0.3 is 5.97 Å². The number of rotatable bonds is 4. The SMILES string of the molecule is Cc1csc(COc2cnccc2C(=O)O)n1. The van der Waals surface area contributed by atoms with Crippen molar-refractivity contribution in [2.24, 2.45) is 0 Å². The third-order valence-electron chi connectivity index (χ3n) is 2.03. The highest BCUT2D eigenvalue weighted by Crippen LogP contribution is 2.18. The van der Waals surface area contributed by atoms with Crippen LogP contribution < -0.4 is 4.74 Å². The number of pyridine rings is 1. The minimum atomic E-state index is -1.03. The molecule has 0 unspecified atom stereocenters. The summed E-state index contributed by atoms with van der Waals surface area (Å²) < 4.78 is 5.40. The first kappa shape index (κ1) is 11.5. The minimum Gasteiger partial charge on any atom is -0.484 e. The smallest absolute Gasteiger partial charge is 0.339 e. The van der Waals surface area contributed by atoms with Crippen LogP contribution in [0.2, 0.25) is 0 Å². The monoisotopic (exact) mass is 250 g/mol. The molecule has 0 amide bonds. The summed E-state index contributed by atoms with van der Waals surface area (Å²) >= 11 is 1.48. The van der Waals surface area contributed by atoms with Crippen LogP contribution in [0.5, 0.6) is 5.75 Å². The molecule has 88 valence electrons.